The highest BCUT2D eigenvalue weighted by atomic mass is 16.4. The Morgan fingerprint density at radius 1 is 0.758 bits per heavy atom. The van der Waals surface area contributed by atoms with Gasteiger partial charge in [-0.15, -0.1) is 0 Å². The summed E-state index contributed by atoms with van der Waals surface area (Å²) in [6, 6.07) is 16.2. The molecule has 33 heavy (non-hydrogen) atoms. The third-order valence-corrected chi connectivity index (χ3v) is 5.33. The maximum atomic E-state index is 10.7. The quantitative estimate of drug-likeness (QED) is 0.322. The summed E-state index contributed by atoms with van der Waals surface area (Å²) in [5.41, 5.74) is 0.266. The van der Waals surface area contributed by atoms with Crippen LogP contribution in [0.4, 0.5) is 0 Å². The summed E-state index contributed by atoms with van der Waals surface area (Å²) in [7, 11) is 0. The van der Waals surface area contributed by atoms with Crippen molar-refractivity contribution < 1.29 is 34.8 Å². The molecule has 4 N–H and O–H groups in total. The molecule has 0 amide bonds. The van der Waals surface area contributed by atoms with E-state index in [4.69, 9.17) is 10.2 Å². The molecule has 0 aromatic heterocycles. The smallest absolute Gasteiger partial charge is 0.377 e. The SMILES string of the molecule is CC(C)CCC(CO)(CO)C(C)C.O=C(O)C(=O)c1ccccc1.O=C(O)c1ccccc1. The van der Waals surface area contributed by atoms with Crippen molar-refractivity contribution in [3.8, 4) is 0 Å². The maximum Gasteiger partial charge on any atom is 0.377 e. The molecule has 0 radical (unpaired) electrons. The largest absolute Gasteiger partial charge is 0.478 e. The van der Waals surface area contributed by atoms with Gasteiger partial charge in [0.1, 0.15) is 0 Å². The van der Waals surface area contributed by atoms with Crippen molar-refractivity contribution >= 4 is 17.7 Å². The lowest BCUT2D eigenvalue weighted by molar-refractivity contribution is -0.131. The molecule has 0 atom stereocenters. The zero-order valence-electron chi connectivity index (χ0n) is 19.8. The van der Waals surface area contributed by atoms with Gasteiger partial charge < -0.3 is 20.4 Å². The Bertz CT molecular complexity index is 826. The monoisotopic (exact) mass is 460 g/mol. The van der Waals surface area contributed by atoms with E-state index in [9.17, 15) is 24.6 Å². The molecule has 0 saturated heterocycles. The van der Waals surface area contributed by atoms with Crippen LogP contribution in [-0.2, 0) is 4.79 Å². The lowest BCUT2D eigenvalue weighted by atomic mass is 9.74. The summed E-state index contributed by atoms with van der Waals surface area (Å²) in [5.74, 6) is -2.20. The number of benzene rings is 2. The van der Waals surface area contributed by atoms with E-state index in [1.165, 1.54) is 12.1 Å². The second-order valence-electron chi connectivity index (χ2n) is 8.44. The first-order valence-corrected chi connectivity index (χ1v) is 10.8. The average molecular weight is 461 g/mol. The zero-order valence-corrected chi connectivity index (χ0v) is 19.8. The summed E-state index contributed by atoms with van der Waals surface area (Å²) in [5, 5.41) is 35.3. The van der Waals surface area contributed by atoms with Gasteiger partial charge in [0.2, 0.25) is 0 Å². The molecule has 0 aliphatic heterocycles. The van der Waals surface area contributed by atoms with E-state index in [2.05, 4.69) is 27.7 Å². The van der Waals surface area contributed by atoms with Crippen LogP contribution >= 0.6 is 0 Å². The molecule has 0 aliphatic rings. The number of carboxylic acid groups (broad SMARTS) is 2. The Kier molecular flexibility index (Phi) is 14.3. The lowest BCUT2D eigenvalue weighted by Crippen LogP contribution is -2.35. The van der Waals surface area contributed by atoms with Gasteiger partial charge in [0, 0.05) is 11.0 Å². The van der Waals surface area contributed by atoms with E-state index >= 15 is 0 Å². The molecular weight excluding hydrogens is 424 g/mol. The fraction of sp³-hybridized carbons (Fsp3) is 0.423. The third kappa shape index (κ3) is 11.4. The van der Waals surface area contributed by atoms with Crippen LogP contribution < -0.4 is 0 Å². The number of aliphatic hydroxyl groups excluding tert-OH is 2. The topological polar surface area (TPSA) is 132 Å². The molecule has 2 aromatic carbocycles. The van der Waals surface area contributed by atoms with Gasteiger partial charge in [0.25, 0.3) is 5.78 Å². The van der Waals surface area contributed by atoms with Gasteiger partial charge in [-0.1, -0.05) is 82.6 Å². The van der Waals surface area contributed by atoms with Crippen LogP contribution in [0.5, 0.6) is 0 Å². The molecule has 2 rings (SSSR count). The molecule has 7 heteroatoms. The summed E-state index contributed by atoms with van der Waals surface area (Å²) < 4.78 is 0. The van der Waals surface area contributed by atoms with Crippen LogP contribution in [0.25, 0.3) is 0 Å². The van der Waals surface area contributed by atoms with Gasteiger partial charge in [0.05, 0.1) is 18.8 Å². The number of carboxylic acids is 2. The summed E-state index contributed by atoms with van der Waals surface area (Å²) >= 11 is 0. The van der Waals surface area contributed by atoms with Crippen LogP contribution in [0, 0.1) is 17.3 Å². The van der Waals surface area contributed by atoms with Crippen molar-refractivity contribution in [3.63, 3.8) is 0 Å². The molecule has 2 aromatic rings. The minimum atomic E-state index is -1.42. The van der Waals surface area contributed by atoms with Gasteiger partial charge in [-0.05, 0) is 30.4 Å². The number of carbonyl (C=O) groups excluding carboxylic acids is 1. The number of aliphatic hydroxyl groups is 2. The second-order valence-corrected chi connectivity index (χ2v) is 8.44. The Balaban J connectivity index is 0.000000472. The number of ketones is 1. The minimum absolute atomic E-state index is 0.0912. The molecule has 0 aliphatic carbocycles. The van der Waals surface area contributed by atoms with Crippen LogP contribution in [0.3, 0.4) is 0 Å². The fourth-order valence-electron chi connectivity index (χ4n) is 2.73. The molecule has 0 bridgehead atoms. The van der Waals surface area contributed by atoms with Crippen LogP contribution in [-0.4, -0.2) is 51.4 Å². The number of Topliss-reactive ketones (excluding diaryl/α,β-unsaturated/α-hetero) is 1. The van der Waals surface area contributed by atoms with Gasteiger partial charge in [-0.25, -0.2) is 9.59 Å². The van der Waals surface area contributed by atoms with Crippen molar-refractivity contribution in [3.05, 3.63) is 71.8 Å². The van der Waals surface area contributed by atoms with E-state index in [-0.39, 0.29) is 24.2 Å². The van der Waals surface area contributed by atoms with E-state index in [1.54, 1.807) is 48.5 Å². The van der Waals surface area contributed by atoms with E-state index in [0.717, 1.165) is 12.8 Å². The molecule has 0 fully saturated rings. The van der Waals surface area contributed by atoms with Crippen molar-refractivity contribution in [1.82, 2.24) is 0 Å². The number of carbonyl (C=O) groups is 3. The summed E-state index contributed by atoms with van der Waals surface area (Å²) in [6.07, 6.45) is 1.98. The Morgan fingerprint density at radius 3 is 1.45 bits per heavy atom. The number of hydrogen-bond donors (Lipinski definition) is 4. The van der Waals surface area contributed by atoms with Crippen molar-refractivity contribution in [2.75, 3.05) is 13.2 Å². The second kappa shape index (κ2) is 15.7. The number of aromatic carboxylic acids is 1. The standard InChI is InChI=1S/C11H24O2.C8H6O3.C7H6O2/c1-9(2)5-6-11(7-12,8-13)10(3)4;9-7(8(10)11)6-4-2-1-3-5-6;8-7(9)6-4-2-1-3-5-6/h9-10,12-13H,5-8H2,1-4H3;1-5H,(H,10,11);1-5H,(H,8,9). The molecular formula is C26H36O7. The van der Waals surface area contributed by atoms with E-state index < -0.39 is 17.7 Å². The number of aliphatic carboxylic acids is 1. The van der Waals surface area contributed by atoms with Crippen molar-refractivity contribution in [1.29, 1.82) is 0 Å². The summed E-state index contributed by atoms with van der Waals surface area (Å²) in [6.45, 7) is 8.64. The predicted molar refractivity (Wildman–Crippen MR) is 127 cm³/mol. The predicted octanol–water partition coefficient (Wildman–Crippen LogP) is 4.39. The first kappa shape index (κ1) is 30.0. The number of rotatable bonds is 9. The van der Waals surface area contributed by atoms with Crippen LogP contribution in [0.15, 0.2) is 60.7 Å². The first-order valence-electron chi connectivity index (χ1n) is 10.8. The van der Waals surface area contributed by atoms with E-state index in [1.807, 2.05) is 0 Å². The van der Waals surface area contributed by atoms with Gasteiger partial charge in [-0.2, -0.15) is 0 Å². The Morgan fingerprint density at radius 2 is 1.18 bits per heavy atom. The highest BCUT2D eigenvalue weighted by Crippen LogP contribution is 2.33. The van der Waals surface area contributed by atoms with Gasteiger partial charge in [-0.3, -0.25) is 4.79 Å². The molecule has 0 heterocycles. The fourth-order valence-corrected chi connectivity index (χ4v) is 2.73. The van der Waals surface area contributed by atoms with E-state index in [0.29, 0.717) is 17.4 Å². The molecule has 0 saturated carbocycles. The maximum absolute atomic E-state index is 10.7. The lowest BCUT2D eigenvalue weighted by Gasteiger charge is -2.34. The molecule has 182 valence electrons. The first-order chi connectivity index (χ1) is 15.5. The normalized spacial score (nSPS) is 10.5. The highest BCUT2D eigenvalue weighted by molar-refractivity contribution is 6.39. The number of hydrogen-bond acceptors (Lipinski definition) is 5. The van der Waals surface area contributed by atoms with Crippen molar-refractivity contribution in [2.24, 2.45) is 17.3 Å². The van der Waals surface area contributed by atoms with Crippen molar-refractivity contribution in [2.45, 2.75) is 40.5 Å². The summed E-state index contributed by atoms with van der Waals surface area (Å²) in [4.78, 5) is 31.1. The zero-order chi connectivity index (χ0) is 25.4. The molecule has 0 spiro atoms. The Labute approximate surface area is 195 Å². The minimum Gasteiger partial charge on any atom is -0.478 e. The Hall–Kier alpha value is -3.03. The van der Waals surface area contributed by atoms with Crippen LogP contribution in [0.2, 0.25) is 0 Å². The van der Waals surface area contributed by atoms with Crippen LogP contribution in [0.1, 0.15) is 61.3 Å². The van der Waals surface area contributed by atoms with Gasteiger partial charge in [0.15, 0.2) is 0 Å². The third-order valence-electron chi connectivity index (χ3n) is 5.33. The average Bonchev–Trinajstić information content (AvgIpc) is 2.81. The highest BCUT2D eigenvalue weighted by Gasteiger charge is 2.32. The molecule has 0 unspecified atom stereocenters. The molecule has 7 nitrogen and oxygen atoms in total. The van der Waals surface area contributed by atoms with Gasteiger partial charge >= 0.3 is 11.9 Å².